The average Bonchev–Trinajstić information content (AvgIpc) is 2.82. The van der Waals surface area contributed by atoms with Gasteiger partial charge < -0.3 is 9.47 Å². The first kappa shape index (κ1) is 12.6. The summed E-state index contributed by atoms with van der Waals surface area (Å²) >= 11 is 6.31. The van der Waals surface area contributed by atoms with E-state index >= 15 is 0 Å². The van der Waals surface area contributed by atoms with Crippen molar-refractivity contribution in [3.8, 4) is 5.88 Å². The summed E-state index contributed by atoms with van der Waals surface area (Å²) in [5, 5.41) is 0.0534. The summed E-state index contributed by atoms with van der Waals surface area (Å²) in [6.45, 7) is 0.871. The molecule has 1 aromatic rings. The molecule has 0 radical (unpaired) electrons. The van der Waals surface area contributed by atoms with Crippen LogP contribution in [0.15, 0.2) is 12.4 Å². The van der Waals surface area contributed by atoms with E-state index in [-0.39, 0.29) is 5.38 Å². The molecule has 1 aromatic heterocycles. The maximum atomic E-state index is 6.31. The summed E-state index contributed by atoms with van der Waals surface area (Å²) in [5.74, 6) is 0.580. The molecule has 0 amide bonds. The maximum Gasteiger partial charge on any atom is 0.216 e. The van der Waals surface area contributed by atoms with Crippen LogP contribution in [0, 0.1) is 0 Å². The Hall–Kier alpha value is -0.870. The first-order valence-corrected chi connectivity index (χ1v) is 6.32. The fourth-order valence-electron chi connectivity index (χ4n) is 2.03. The van der Waals surface area contributed by atoms with Crippen molar-refractivity contribution in [1.29, 1.82) is 0 Å². The van der Waals surface area contributed by atoms with Crippen molar-refractivity contribution in [3.05, 3.63) is 18.1 Å². The van der Waals surface area contributed by atoms with Gasteiger partial charge in [0, 0.05) is 30.2 Å². The average molecular weight is 257 g/mol. The molecular weight excluding hydrogens is 240 g/mol. The quantitative estimate of drug-likeness (QED) is 0.758. The molecule has 2 atom stereocenters. The Morgan fingerprint density at radius 3 is 3.18 bits per heavy atom. The predicted molar refractivity (Wildman–Crippen MR) is 65.5 cm³/mol. The molecule has 2 unspecified atom stereocenters. The van der Waals surface area contributed by atoms with E-state index in [2.05, 4.69) is 9.97 Å². The number of alkyl halides is 1. The van der Waals surface area contributed by atoms with Crippen LogP contribution in [-0.2, 0) is 11.2 Å². The fourth-order valence-corrected chi connectivity index (χ4v) is 2.38. The highest BCUT2D eigenvalue weighted by Gasteiger charge is 2.20. The second kappa shape index (κ2) is 6.17. The number of hydrogen-bond donors (Lipinski definition) is 0. The van der Waals surface area contributed by atoms with E-state index in [0.717, 1.165) is 38.0 Å². The number of hydrogen-bond acceptors (Lipinski definition) is 4. The maximum absolute atomic E-state index is 6.31. The number of halogens is 1. The van der Waals surface area contributed by atoms with Gasteiger partial charge in [0.15, 0.2) is 0 Å². The minimum Gasteiger partial charge on any atom is -0.481 e. The predicted octanol–water partition coefficient (Wildman–Crippen LogP) is 2.20. The SMILES string of the molecule is COc1cc(CC(Cl)CC2CCCO2)ncn1. The Balaban J connectivity index is 1.85. The van der Waals surface area contributed by atoms with E-state index in [1.807, 2.05) is 6.07 Å². The molecule has 5 heteroatoms. The molecule has 4 nitrogen and oxygen atoms in total. The second-order valence-electron chi connectivity index (χ2n) is 4.22. The molecule has 17 heavy (non-hydrogen) atoms. The molecule has 0 spiro atoms. The Bertz CT molecular complexity index is 356. The van der Waals surface area contributed by atoms with E-state index in [0.29, 0.717) is 12.0 Å². The first-order valence-electron chi connectivity index (χ1n) is 5.88. The monoisotopic (exact) mass is 256 g/mol. The van der Waals surface area contributed by atoms with Crippen LogP contribution < -0.4 is 4.74 Å². The van der Waals surface area contributed by atoms with Crippen molar-refractivity contribution in [1.82, 2.24) is 9.97 Å². The summed E-state index contributed by atoms with van der Waals surface area (Å²) in [6, 6.07) is 1.82. The third-order valence-electron chi connectivity index (χ3n) is 2.88. The lowest BCUT2D eigenvalue weighted by Gasteiger charge is -2.14. The van der Waals surface area contributed by atoms with E-state index in [9.17, 15) is 0 Å². The molecule has 0 saturated carbocycles. The van der Waals surface area contributed by atoms with Crippen molar-refractivity contribution < 1.29 is 9.47 Å². The normalized spacial score (nSPS) is 21.4. The molecule has 1 aliphatic heterocycles. The molecular formula is C12H17ClN2O2. The Kier molecular flexibility index (Phi) is 4.57. The van der Waals surface area contributed by atoms with Gasteiger partial charge in [-0.05, 0) is 19.3 Å². The lowest BCUT2D eigenvalue weighted by Crippen LogP contribution is -2.15. The van der Waals surface area contributed by atoms with Crippen molar-refractivity contribution in [2.75, 3.05) is 13.7 Å². The van der Waals surface area contributed by atoms with E-state index in [4.69, 9.17) is 21.1 Å². The standard InChI is InChI=1S/C12H17ClN2O2/c1-16-12-7-10(14-8-15-12)5-9(13)6-11-3-2-4-17-11/h7-9,11H,2-6H2,1H3. The molecule has 2 heterocycles. The van der Waals surface area contributed by atoms with Gasteiger partial charge in [0.05, 0.1) is 13.2 Å². The van der Waals surface area contributed by atoms with Gasteiger partial charge in [-0.2, -0.15) is 0 Å². The van der Waals surface area contributed by atoms with Crippen molar-refractivity contribution in [2.24, 2.45) is 0 Å². The zero-order valence-corrected chi connectivity index (χ0v) is 10.7. The van der Waals surface area contributed by atoms with Gasteiger partial charge in [0.1, 0.15) is 6.33 Å². The fraction of sp³-hybridized carbons (Fsp3) is 0.667. The van der Waals surface area contributed by atoms with Gasteiger partial charge in [0.2, 0.25) is 5.88 Å². The van der Waals surface area contributed by atoms with Gasteiger partial charge in [-0.1, -0.05) is 0 Å². The van der Waals surface area contributed by atoms with Crippen molar-refractivity contribution in [2.45, 2.75) is 37.2 Å². The van der Waals surface area contributed by atoms with Crippen LogP contribution in [0.4, 0.5) is 0 Å². The molecule has 0 aliphatic carbocycles. The van der Waals surface area contributed by atoms with Crippen LogP contribution in [0.3, 0.4) is 0 Å². The van der Waals surface area contributed by atoms with Crippen LogP contribution in [0.25, 0.3) is 0 Å². The summed E-state index contributed by atoms with van der Waals surface area (Å²) in [7, 11) is 1.59. The van der Waals surface area contributed by atoms with E-state index in [1.54, 1.807) is 7.11 Å². The zero-order valence-electron chi connectivity index (χ0n) is 9.93. The van der Waals surface area contributed by atoms with Crippen LogP contribution in [0.2, 0.25) is 0 Å². The van der Waals surface area contributed by atoms with Crippen molar-refractivity contribution in [3.63, 3.8) is 0 Å². The van der Waals surface area contributed by atoms with Crippen molar-refractivity contribution >= 4 is 11.6 Å². The van der Waals surface area contributed by atoms with Gasteiger partial charge in [-0.25, -0.2) is 9.97 Å². The third-order valence-corrected chi connectivity index (χ3v) is 3.21. The number of methoxy groups -OCH3 is 1. The highest BCUT2D eigenvalue weighted by Crippen LogP contribution is 2.21. The summed E-state index contributed by atoms with van der Waals surface area (Å²) in [4.78, 5) is 8.15. The van der Waals surface area contributed by atoms with Gasteiger partial charge in [-0.15, -0.1) is 11.6 Å². The van der Waals surface area contributed by atoms with Crippen LogP contribution in [0.5, 0.6) is 5.88 Å². The highest BCUT2D eigenvalue weighted by molar-refractivity contribution is 6.20. The van der Waals surface area contributed by atoms with Gasteiger partial charge in [0.25, 0.3) is 0 Å². The number of rotatable bonds is 5. The summed E-state index contributed by atoms with van der Waals surface area (Å²) < 4.78 is 10.6. The van der Waals surface area contributed by atoms with Crippen LogP contribution >= 0.6 is 11.6 Å². The number of ether oxygens (including phenoxy) is 2. The summed E-state index contributed by atoms with van der Waals surface area (Å²) in [6.07, 6.45) is 5.70. The molecule has 0 bridgehead atoms. The van der Waals surface area contributed by atoms with Gasteiger partial charge >= 0.3 is 0 Å². The van der Waals surface area contributed by atoms with Crippen LogP contribution in [-0.4, -0.2) is 35.2 Å². The number of nitrogens with zero attached hydrogens (tertiary/aromatic N) is 2. The molecule has 2 rings (SSSR count). The second-order valence-corrected chi connectivity index (χ2v) is 4.84. The van der Waals surface area contributed by atoms with Gasteiger partial charge in [-0.3, -0.25) is 0 Å². The molecule has 0 N–H and O–H groups in total. The molecule has 0 aromatic carbocycles. The first-order chi connectivity index (χ1) is 8.28. The minimum atomic E-state index is 0.0534. The Morgan fingerprint density at radius 2 is 2.47 bits per heavy atom. The third kappa shape index (κ3) is 3.82. The lowest BCUT2D eigenvalue weighted by atomic mass is 10.1. The summed E-state index contributed by atoms with van der Waals surface area (Å²) in [5.41, 5.74) is 0.912. The Morgan fingerprint density at radius 1 is 1.59 bits per heavy atom. The topological polar surface area (TPSA) is 44.2 Å². The molecule has 94 valence electrons. The zero-order chi connectivity index (χ0) is 12.1. The number of aromatic nitrogens is 2. The smallest absolute Gasteiger partial charge is 0.216 e. The van der Waals surface area contributed by atoms with Crippen LogP contribution in [0.1, 0.15) is 25.0 Å². The Labute approximate surface area is 106 Å². The highest BCUT2D eigenvalue weighted by atomic mass is 35.5. The minimum absolute atomic E-state index is 0.0534. The largest absolute Gasteiger partial charge is 0.481 e. The van der Waals surface area contributed by atoms with E-state index in [1.165, 1.54) is 6.33 Å². The van der Waals surface area contributed by atoms with E-state index < -0.39 is 0 Å². The molecule has 1 fully saturated rings. The molecule has 1 aliphatic rings. The molecule has 1 saturated heterocycles. The lowest BCUT2D eigenvalue weighted by molar-refractivity contribution is 0.103.